The van der Waals surface area contributed by atoms with Crippen molar-refractivity contribution in [1.82, 2.24) is 5.32 Å². The Morgan fingerprint density at radius 1 is 1.28 bits per heavy atom. The third kappa shape index (κ3) is 3.87. The van der Waals surface area contributed by atoms with Crippen molar-refractivity contribution in [3.63, 3.8) is 0 Å². The zero-order valence-electron chi connectivity index (χ0n) is 11.3. The fraction of sp³-hybridized carbons (Fsp3) is 0.429. The van der Waals surface area contributed by atoms with Gasteiger partial charge >= 0.3 is 0 Å². The van der Waals surface area contributed by atoms with Gasteiger partial charge in [0.15, 0.2) is 0 Å². The third-order valence-electron chi connectivity index (χ3n) is 2.59. The highest BCUT2D eigenvalue weighted by atomic mass is 16.5. The van der Waals surface area contributed by atoms with Gasteiger partial charge in [0.25, 0.3) is 0 Å². The smallest absolute Gasteiger partial charge is 0.227 e. The number of rotatable bonds is 5. The molecule has 0 radical (unpaired) electrons. The van der Waals surface area contributed by atoms with Crippen LogP contribution in [0.5, 0.6) is 5.75 Å². The average Bonchev–Trinajstić information content (AvgIpc) is 2.24. The molecule has 98 valence electrons. The number of hydrogen-bond acceptors (Lipinski definition) is 3. The molecule has 0 aliphatic rings. The van der Waals surface area contributed by atoms with Crippen molar-refractivity contribution >= 4 is 11.7 Å². The quantitative estimate of drug-likeness (QED) is 0.811. The molecule has 0 fully saturated rings. The Bertz CT molecular complexity index is 466. The minimum atomic E-state index is -0.260. The van der Waals surface area contributed by atoms with Gasteiger partial charge in [-0.05, 0) is 26.3 Å². The zero-order chi connectivity index (χ0) is 13.7. The summed E-state index contributed by atoms with van der Waals surface area (Å²) in [5.74, 6) is 0.382. The number of benzene rings is 1. The summed E-state index contributed by atoms with van der Waals surface area (Å²) in [5.41, 5.74) is 3.07. The van der Waals surface area contributed by atoms with E-state index < -0.39 is 0 Å². The van der Waals surface area contributed by atoms with Crippen LogP contribution < -0.4 is 10.1 Å². The number of carbonyl (C=O) groups excluding carboxylic acids is 2. The first-order valence-corrected chi connectivity index (χ1v) is 5.84. The normalized spacial score (nSPS) is 10.0. The lowest BCUT2D eigenvalue weighted by Gasteiger charge is -2.13. The molecule has 0 saturated heterocycles. The van der Waals surface area contributed by atoms with Gasteiger partial charge in [-0.2, -0.15) is 0 Å². The molecule has 0 saturated carbocycles. The van der Waals surface area contributed by atoms with Gasteiger partial charge in [-0.15, -0.1) is 0 Å². The molecule has 1 aromatic carbocycles. The molecule has 1 rings (SSSR count). The van der Waals surface area contributed by atoms with Gasteiger partial charge in [0, 0.05) is 12.1 Å². The van der Waals surface area contributed by atoms with Crippen molar-refractivity contribution in [2.24, 2.45) is 0 Å². The van der Waals surface area contributed by atoms with E-state index in [1.807, 2.05) is 26.0 Å². The number of ether oxygens (including phenoxy) is 1. The van der Waals surface area contributed by atoms with E-state index in [0.29, 0.717) is 6.54 Å². The van der Waals surface area contributed by atoms with Crippen LogP contribution in [0.2, 0.25) is 0 Å². The molecule has 1 amide bonds. The first kappa shape index (κ1) is 14.2. The number of nitrogens with one attached hydrogen (secondary N) is 1. The Kier molecular flexibility index (Phi) is 4.89. The SMILES string of the molecule is COc1c(C)cc(C)cc1CNC(=O)CC(C)=O. The fourth-order valence-corrected chi connectivity index (χ4v) is 1.95. The van der Waals surface area contributed by atoms with Gasteiger partial charge in [-0.3, -0.25) is 9.59 Å². The lowest BCUT2D eigenvalue weighted by atomic mass is 10.1. The van der Waals surface area contributed by atoms with Gasteiger partial charge in [0.2, 0.25) is 5.91 Å². The molecule has 1 N–H and O–H groups in total. The average molecular weight is 249 g/mol. The van der Waals surface area contributed by atoms with Crippen LogP contribution in [-0.2, 0) is 16.1 Å². The maximum atomic E-state index is 11.4. The minimum absolute atomic E-state index is 0.0763. The molecule has 0 heterocycles. The van der Waals surface area contributed by atoms with Crippen molar-refractivity contribution in [1.29, 1.82) is 0 Å². The van der Waals surface area contributed by atoms with Gasteiger partial charge in [0.05, 0.1) is 13.5 Å². The molecule has 0 aromatic heterocycles. The molecular formula is C14H19NO3. The van der Waals surface area contributed by atoms with Crippen LogP contribution in [-0.4, -0.2) is 18.8 Å². The second-order valence-corrected chi connectivity index (χ2v) is 4.43. The maximum absolute atomic E-state index is 11.4. The Morgan fingerprint density at radius 2 is 1.94 bits per heavy atom. The van der Waals surface area contributed by atoms with E-state index >= 15 is 0 Å². The van der Waals surface area contributed by atoms with Gasteiger partial charge < -0.3 is 10.1 Å². The van der Waals surface area contributed by atoms with Crippen LogP contribution in [0, 0.1) is 13.8 Å². The maximum Gasteiger partial charge on any atom is 0.227 e. The van der Waals surface area contributed by atoms with E-state index in [1.165, 1.54) is 6.92 Å². The van der Waals surface area contributed by atoms with Crippen molar-refractivity contribution in [3.8, 4) is 5.75 Å². The van der Waals surface area contributed by atoms with E-state index in [2.05, 4.69) is 5.32 Å². The largest absolute Gasteiger partial charge is 0.496 e. The molecule has 0 aliphatic carbocycles. The fourth-order valence-electron chi connectivity index (χ4n) is 1.95. The van der Waals surface area contributed by atoms with Crippen LogP contribution in [0.4, 0.5) is 0 Å². The first-order chi connectivity index (χ1) is 8.43. The lowest BCUT2D eigenvalue weighted by Crippen LogP contribution is -2.24. The zero-order valence-corrected chi connectivity index (χ0v) is 11.3. The second-order valence-electron chi connectivity index (χ2n) is 4.43. The molecule has 0 bridgehead atoms. The molecule has 18 heavy (non-hydrogen) atoms. The summed E-state index contributed by atoms with van der Waals surface area (Å²) in [4.78, 5) is 22.2. The Morgan fingerprint density at radius 3 is 2.50 bits per heavy atom. The summed E-state index contributed by atoms with van der Waals surface area (Å²) < 4.78 is 5.33. The molecule has 0 spiro atoms. The van der Waals surface area contributed by atoms with E-state index in [0.717, 1.165) is 22.4 Å². The number of carbonyl (C=O) groups is 2. The Labute approximate surface area is 107 Å². The Balaban J connectivity index is 2.78. The topological polar surface area (TPSA) is 55.4 Å². The number of ketones is 1. The molecule has 4 nitrogen and oxygen atoms in total. The van der Waals surface area contributed by atoms with E-state index in [4.69, 9.17) is 4.74 Å². The summed E-state index contributed by atoms with van der Waals surface area (Å²) >= 11 is 0. The molecule has 1 aromatic rings. The highest BCUT2D eigenvalue weighted by Gasteiger charge is 2.10. The van der Waals surface area contributed by atoms with Gasteiger partial charge in [-0.1, -0.05) is 17.7 Å². The lowest BCUT2D eigenvalue weighted by molar-refractivity contribution is -0.127. The van der Waals surface area contributed by atoms with Gasteiger partial charge in [-0.25, -0.2) is 0 Å². The highest BCUT2D eigenvalue weighted by Crippen LogP contribution is 2.24. The highest BCUT2D eigenvalue weighted by molar-refractivity contribution is 5.96. The molecular weight excluding hydrogens is 230 g/mol. The second kappa shape index (κ2) is 6.19. The summed E-state index contributed by atoms with van der Waals surface area (Å²) in [6, 6.07) is 4.00. The number of aryl methyl sites for hydroxylation is 2. The van der Waals surface area contributed by atoms with Crippen molar-refractivity contribution in [2.45, 2.75) is 33.7 Å². The van der Waals surface area contributed by atoms with Crippen LogP contribution in [0.3, 0.4) is 0 Å². The van der Waals surface area contributed by atoms with Crippen molar-refractivity contribution in [2.75, 3.05) is 7.11 Å². The molecule has 0 atom stereocenters. The van der Waals surface area contributed by atoms with Crippen molar-refractivity contribution < 1.29 is 14.3 Å². The number of Topliss-reactive ketones (excluding diaryl/α,β-unsaturated/α-hetero) is 1. The summed E-state index contributed by atoms with van der Waals surface area (Å²) in [5, 5.41) is 2.72. The van der Waals surface area contributed by atoms with E-state index in [1.54, 1.807) is 7.11 Å². The third-order valence-corrected chi connectivity index (χ3v) is 2.59. The standard InChI is InChI=1S/C14H19NO3/c1-9-5-10(2)14(18-4)12(6-9)8-15-13(17)7-11(3)16/h5-6H,7-8H2,1-4H3,(H,15,17). The van der Waals surface area contributed by atoms with E-state index in [9.17, 15) is 9.59 Å². The Hall–Kier alpha value is -1.84. The van der Waals surface area contributed by atoms with E-state index in [-0.39, 0.29) is 18.1 Å². The summed E-state index contributed by atoms with van der Waals surface area (Å²) in [6.07, 6.45) is -0.0763. The molecule has 4 heteroatoms. The monoisotopic (exact) mass is 249 g/mol. The van der Waals surface area contributed by atoms with Gasteiger partial charge in [0.1, 0.15) is 11.5 Å². The predicted octanol–water partition coefficient (Wildman–Crippen LogP) is 1.91. The number of hydrogen-bond donors (Lipinski definition) is 1. The number of amides is 1. The summed E-state index contributed by atoms with van der Waals surface area (Å²) in [6.45, 7) is 5.73. The van der Waals surface area contributed by atoms with Crippen LogP contribution in [0.25, 0.3) is 0 Å². The summed E-state index contributed by atoms with van der Waals surface area (Å²) in [7, 11) is 1.61. The van der Waals surface area contributed by atoms with Crippen molar-refractivity contribution in [3.05, 3.63) is 28.8 Å². The van der Waals surface area contributed by atoms with Crippen LogP contribution >= 0.6 is 0 Å². The number of methoxy groups -OCH3 is 1. The molecule has 0 unspecified atom stereocenters. The molecule has 0 aliphatic heterocycles. The van der Waals surface area contributed by atoms with Crippen LogP contribution in [0.1, 0.15) is 30.0 Å². The first-order valence-electron chi connectivity index (χ1n) is 5.84. The predicted molar refractivity (Wildman–Crippen MR) is 69.6 cm³/mol. The minimum Gasteiger partial charge on any atom is -0.496 e. The van der Waals surface area contributed by atoms with Crippen LogP contribution in [0.15, 0.2) is 12.1 Å².